The van der Waals surface area contributed by atoms with Crippen LogP contribution in [0.1, 0.15) is 16.8 Å². The number of amidine groups is 1. The maximum absolute atomic E-state index is 12.7. The van der Waals surface area contributed by atoms with Gasteiger partial charge in [0.1, 0.15) is 5.75 Å². The van der Waals surface area contributed by atoms with Crippen LogP contribution in [0.3, 0.4) is 0 Å². The van der Waals surface area contributed by atoms with E-state index >= 15 is 0 Å². The standard InChI is InChI=1S/C20H16F3N5OS/c21-20(22,23)17-9-10-25-19(27-17)29-16-8-4-7-15(11-16)12-26-28-18(24)30-13-14-5-2-1-3-6-14/h1-12H,13H2,(H2,24,28). The van der Waals surface area contributed by atoms with Crippen molar-refractivity contribution in [3.63, 3.8) is 0 Å². The summed E-state index contributed by atoms with van der Waals surface area (Å²) in [4.78, 5) is 7.07. The molecule has 0 bridgehead atoms. The molecule has 6 nitrogen and oxygen atoms in total. The zero-order chi connectivity index (χ0) is 21.4. The van der Waals surface area contributed by atoms with Crippen molar-refractivity contribution in [1.29, 1.82) is 0 Å². The Balaban J connectivity index is 1.61. The van der Waals surface area contributed by atoms with Gasteiger partial charge in [-0.1, -0.05) is 54.2 Å². The number of nitrogens with zero attached hydrogens (tertiary/aromatic N) is 4. The number of hydrogen-bond donors (Lipinski definition) is 1. The first-order valence-corrected chi connectivity index (χ1v) is 9.60. The molecule has 0 amide bonds. The van der Waals surface area contributed by atoms with Gasteiger partial charge in [0, 0.05) is 11.9 Å². The van der Waals surface area contributed by atoms with Crippen molar-refractivity contribution in [2.24, 2.45) is 15.9 Å². The van der Waals surface area contributed by atoms with Gasteiger partial charge in [-0.2, -0.15) is 23.3 Å². The second-order valence-corrected chi connectivity index (χ2v) is 6.85. The molecule has 0 unspecified atom stereocenters. The van der Waals surface area contributed by atoms with Crippen LogP contribution in [0.4, 0.5) is 13.2 Å². The van der Waals surface area contributed by atoms with Crippen LogP contribution in [0, 0.1) is 0 Å². The molecule has 0 saturated carbocycles. The number of thioether (sulfide) groups is 1. The Morgan fingerprint density at radius 1 is 1.10 bits per heavy atom. The highest BCUT2D eigenvalue weighted by atomic mass is 32.2. The molecule has 1 aromatic heterocycles. The number of rotatable bonds is 6. The van der Waals surface area contributed by atoms with E-state index in [9.17, 15) is 13.2 Å². The third-order valence-corrected chi connectivity index (χ3v) is 4.44. The molecule has 2 aromatic carbocycles. The van der Waals surface area contributed by atoms with Crippen LogP contribution in [0.5, 0.6) is 11.8 Å². The molecule has 30 heavy (non-hydrogen) atoms. The molecule has 0 aliphatic rings. The maximum Gasteiger partial charge on any atom is 0.433 e. The minimum Gasteiger partial charge on any atom is -0.424 e. The van der Waals surface area contributed by atoms with E-state index < -0.39 is 17.9 Å². The highest BCUT2D eigenvalue weighted by Gasteiger charge is 2.33. The molecule has 3 aromatic rings. The smallest absolute Gasteiger partial charge is 0.424 e. The highest BCUT2D eigenvalue weighted by molar-refractivity contribution is 8.13. The van der Waals surface area contributed by atoms with E-state index in [2.05, 4.69) is 20.2 Å². The fourth-order valence-electron chi connectivity index (χ4n) is 2.22. The first kappa shape index (κ1) is 21.3. The molecule has 0 aliphatic heterocycles. The van der Waals surface area contributed by atoms with Gasteiger partial charge in [0.25, 0.3) is 0 Å². The molecule has 154 valence electrons. The second kappa shape index (κ2) is 9.88. The van der Waals surface area contributed by atoms with Gasteiger partial charge in [-0.3, -0.25) is 0 Å². The zero-order valence-electron chi connectivity index (χ0n) is 15.5. The molecule has 0 radical (unpaired) electrons. The summed E-state index contributed by atoms with van der Waals surface area (Å²) in [7, 11) is 0. The van der Waals surface area contributed by atoms with Gasteiger partial charge in [0.05, 0.1) is 6.21 Å². The molecule has 0 aliphatic carbocycles. The highest BCUT2D eigenvalue weighted by Crippen LogP contribution is 2.29. The molecule has 1 heterocycles. The first-order chi connectivity index (χ1) is 14.4. The molecule has 2 N–H and O–H groups in total. The lowest BCUT2D eigenvalue weighted by Crippen LogP contribution is -2.08. The SMILES string of the molecule is NC(=NN=Cc1cccc(Oc2nccc(C(F)(F)F)n2)c1)SCc1ccccc1. The third-order valence-electron chi connectivity index (χ3n) is 3.58. The molecule has 0 fully saturated rings. The Bertz CT molecular complexity index is 1040. The average Bonchev–Trinajstić information content (AvgIpc) is 2.73. The second-order valence-electron chi connectivity index (χ2n) is 5.85. The van der Waals surface area contributed by atoms with E-state index in [-0.39, 0.29) is 5.75 Å². The van der Waals surface area contributed by atoms with Crippen molar-refractivity contribution in [2.45, 2.75) is 11.9 Å². The summed E-state index contributed by atoms with van der Waals surface area (Å²) in [6, 6.07) is 16.7. The van der Waals surface area contributed by atoms with Crippen LogP contribution in [-0.4, -0.2) is 21.4 Å². The summed E-state index contributed by atoms with van der Waals surface area (Å²) in [5.74, 6) is 0.931. The summed E-state index contributed by atoms with van der Waals surface area (Å²) in [6.07, 6.45) is -2.14. The summed E-state index contributed by atoms with van der Waals surface area (Å²) in [5, 5.41) is 8.16. The number of hydrogen-bond acceptors (Lipinski definition) is 6. The van der Waals surface area contributed by atoms with Gasteiger partial charge in [-0.05, 0) is 29.3 Å². The van der Waals surface area contributed by atoms with Crippen LogP contribution in [0.15, 0.2) is 77.1 Å². The molecule has 0 spiro atoms. The van der Waals surface area contributed by atoms with Gasteiger partial charge in [-0.25, -0.2) is 4.98 Å². The van der Waals surface area contributed by atoms with Crippen LogP contribution >= 0.6 is 11.8 Å². The number of aromatic nitrogens is 2. The molecule has 3 rings (SSSR count). The number of alkyl halides is 3. The third kappa shape index (κ3) is 6.59. The van der Waals surface area contributed by atoms with Gasteiger partial charge in [0.15, 0.2) is 10.9 Å². The fourth-order valence-corrected chi connectivity index (χ4v) is 2.84. The fraction of sp³-hybridized carbons (Fsp3) is 0.100. The molecular weight excluding hydrogens is 415 g/mol. The number of ether oxygens (including phenoxy) is 1. The van der Waals surface area contributed by atoms with Crippen molar-refractivity contribution >= 4 is 23.1 Å². The Morgan fingerprint density at radius 3 is 2.67 bits per heavy atom. The summed E-state index contributed by atoms with van der Waals surface area (Å²) in [5.41, 5.74) is 6.48. The monoisotopic (exact) mass is 431 g/mol. The van der Waals surface area contributed by atoms with E-state index in [0.717, 1.165) is 17.8 Å². The predicted molar refractivity (Wildman–Crippen MR) is 111 cm³/mol. The molecule has 0 atom stereocenters. The van der Waals surface area contributed by atoms with Crippen molar-refractivity contribution in [3.05, 3.63) is 83.7 Å². The molecular formula is C20H16F3N5OS. The topological polar surface area (TPSA) is 85.8 Å². The van der Waals surface area contributed by atoms with Gasteiger partial charge in [-0.15, -0.1) is 5.10 Å². The Morgan fingerprint density at radius 2 is 1.90 bits per heavy atom. The summed E-state index contributed by atoms with van der Waals surface area (Å²) < 4.78 is 43.5. The van der Waals surface area contributed by atoms with Crippen molar-refractivity contribution in [1.82, 2.24) is 9.97 Å². The lowest BCUT2D eigenvalue weighted by molar-refractivity contribution is -0.141. The normalized spacial score (nSPS) is 12.3. The summed E-state index contributed by atoms with van der Waals surface area (Å²) in [6.45, 7) is 0. The lowest BCUT2D eigenvalue weighted by atomic mass is 10.2. The lowest BCUT2D eigenvalue weighted by Gasteiger charge is -2.08. The van der Waals surface area contributed by atoms with Crippen molar-refractivity contribution < 1.29 is 17.9 Å². The van der Waals surface area contributed by atoms with Gasteiger partial charge < -0.3 is 10.5 Å². The Hall–Kier alpha value is -3.40. The van der Waals surface area contributed by atoms with Gasteiger partial charge >= 0.3 is 12.2 Å². The zero-order valence-corrected chi connectivity index (χ0v) is 16.3. The van der Waals surface area contributed by atoms with E-state index in [1.54, 1.807) is 24.3 Å². The minimum absolute atomic E-state index is 0.258. The first-order valence-electron chi connectivity index (χ1n) is 8.61. The van der Waals surface area contributed by atoms with E-state index in [1.165, 1.54) is 18.0 Å². The summed E-state index contributed by atoms with van der Waals surface area (Å²) >= 11 is 1.35. The Kier molecular flexibility index (Phi) is 7.02. The van der Waals surface area contributed by atoms with Crippen molar-refractivity contribution in [3.8, 4) is 11.8 Å². The van der Waals surface area contributed by atoms with E-state index in [1.807, 2.05) is 30.3 Å². The van der Waals surface area contributed by atoms with Crippen LogP contribution in [-0.2, 0) is 11.9 Å². The van der Waals surface area contributed by atoms with Crippen LogP contribution in [0.25, 0.3) is 0 Å². The Labute approximate surface area is 174 Å². The molecule has 10 heteroatoms. The quantitative estimate of drug-likeness (QED) is 0.342. The van der Waals surface area contributed by atoms with E-state index in [4.69, 9.17) is 10.5 Å². The minimum atomic E-state index is -4.58. The van der Waals surface area contributed by atoms with Crippen LogP contribution < -0.4 is 10.5 Å². The number of nitrogens with two attached hydrogens (primary N) is 1. The van der Waals surface area contributed by atoms with Crippen LogP contribution in [0.2, 0.25) is 0 Å². The predicted octanol–water partition coefficient (Wildman–Crippen LogP) is 4.87. The van der Waals surface area contributed by atoms with Gasteiger partial charge in [0.2, 0.25) is 0 Å². The van der Waals surface area contributed by atoms with Crippen molar-refractivity contribution in [2.75, 3.05) is 0 Å². The molecule has 0 saturated heterocycles. The number of benzene rings is 2. The number of halogens is 3. The average molecular weight is 431 g/mol. The largest absolute Gasteiger partial charge is 0.433 e. The maximum atomic E-state index is 12.7. The van der Waals surface area contributed by atoms with E-state index in [0.29, 0.717) is 16.5 Å².